The summed E-state index contributed by atoms with van der Waals surface area (Å²) in [6, 6.07) is 20.0. The molecule has 2 aromatic heterocycles. The lowest BCUT2D eigenvalue weighted by Crippen LogP contribution is -2.23. The maximum absolute atomic E-state index is 10.6. The molecule has 34 heavy (non-hydrogen) atoms. The van der Waals surface area contributed by atoms with Gasteiger partial charge in [0, 0.05) is 5.56 Å². The van der Waals surface area contributed by atoms with E-state index in [2.05, 4.69) is 41.6 Å². The molecule has 0 aliphatic rings. The summed E-state index contributed by atoms with van der Waals surface area (Å²) in [4.78, 5) is 9.71. The van der Waals surface area contributed by atoms with E-state index in [1.165, 1.54) is 12.8 Å². The number of anilines is 1. The molecule has 0 saturated heterocycles. The van der Waals surface area contributed by atoms with Crippen molar-refractivity contribution in [2.45, 2.75) is 71.1 Å². The highest BCUT2D eigenvalue weighted by Crippen LogP contribution is 2.30. The summed E-state index contributed by atoms with van der Waals surface area (Å²) in [6.45, 7) is 6.11. The van der Waals surface area contributed by atoms with Crippen LogP contribution in [0.5, 0.6) is 0 Å². The number of aliphatic hydroxyl groups excluding tert-OH is 1. The molecule has 0 radical (unpaired) electrons. The maximum atomic E-state index is 10.6. The Morgan fingerprint density at radius 2 is 1.62 bits per heavy atom. The molecule has 2 heterocycles. The molecule has 0 fully saturated rings. The monoisotopic (exact) mass is 458 g/mol. The first kappa shape index (κ1) is 23.8. The van der Waals surface area contributed by atoms with Crippen LogP contribution < -0.4 is 5.32 Å². The van der Waals surface area contributed by atoms with Gasteiger partial charge in [0.25, 0.3) is 0 Å². The molecule has 2 aromatic carbocycles. The smallest absolute Gasteiger partial charge is 0.184 e. The van der Waals surface area contributed by atoms with Gasteiger partial charge in [0.2, 0.25) is 0 Å². The molecule has 7 heteroatoms. The van der Waals surface area contributed by atoms with Gasteiger partial charge in [-0.1, -0.05) is 98.5 Å². The van der Waals surface area contributed by atoms with Crippen molar-refractivity contribution in [1.29, 1.82) is 0 Å². The summed E-state index contributed by atoms with van der Waals surface area (Å²) < 4.78 is 1.79. The van der Waals surface area contributed by atoms with E-state index in [1.54, 1.807) is 4.68 Å². The van der Waals surface area contributed by atoms with Crippen LogP contribution in [0.2, 0.25) is 0 Å². The van der Waals surface area contributed by atoms with E-state index < -0.39 is 6.10 Å². The minimum absolute atomic E-state index is 0.0229. The van der Waals surface area contributed by atoms with Gasteiger partial charge in [-0.05, 0) is 25.8 Å². The van der Waals surface area contributed by atoms with Crippen LogP contribution in [0.1, 0.15) is 70.5 Å². The summed E-state index contributed by atoms with van der Waals surface area (Å²) in [5.74, 6) is 1.25. The molecular weight excluding hydrogens is 424 g/mol. The molecule has 4 aromatic rings. The molecule has 0 amide bonds. The number of benzene rings is 2. The number of unbranched alkanes of at least 4 members (excludes halogenated alkanes) is 3. The molecule has 0 aliphatic carbocycles. The lowest BCUT2D eigenvalue weighted by molar-refractivity contribution is 0.116. The molecule has 178 valence electrons. The SMILES string of the molecule is CCCCCC[C@@H]([C@H](C)O)n1nnc2c(N[C@@H](C)c3ccccc3)nc(-c3ccccc3)nc21. The van der Waals surface area contributed by atoms with Gasteiger partial charge in [-0.2, -0.15) is 0 Å². The average Bonchev–Trinajstić information content (AvgIpc) is 3.29. The summed E-state index contributed by atoms with van der Waals surface area (Å²) in [7, 11) is 0. The second-order valence-electron chi connectivity index (χ2n) is 8.90. The van der Waals surface area contributed by atoms with E-state index in [0.717, 1.165) is 30.4 Å². The normalized spacial score (nSPS) is 14.1. The Morgan fingerprint density at radius 3 is 2.29 bits per heavy atom. The van der Waals surface area contributed by atoms with Crippen molar-refractivity contribution >= 4 is 17.0 Å². The molecule has 3 atom stereocenters. The van der Waals surface area contributed by atoms with Gasteiger partial charge in [0.05, 0.1) is 18.2 Å². The van der Waals surface area contributed by atoms with Gasteiger partial charge in [0.1, 0.15) is 0 Å². The van der Waals surface area contributed by atoms with Gasteiger partial charge < -0.3 is 10.4 Å². The maximum Gasteiger partial charge on any atom is 0.184 e. The topological polar surface area (TPSA) is 88.8 Å². The highest BCUT2D eigenvalue weighted by Gasteiger charge is 2.24. The number of fused-ring (bicyclic) bond motifs is 1. The number of aliphatic hydroxyl groups is 1. The second-order valence-corrected chi connectivity index (χ2v) is 8.90. The molecule has 2 N–H and O–H groups in total. The molecule has 7 nitrogen and oxygen atoms in total. The van der Waals surface area contributed by atoms with Crippen LogP contribution in [-0.4, -0.2) is 36.2 Å². The molecule has 4 rings (SSSR count). The van der Waals surface area contributed by atoms with E-state index in [-0.39, 0.29) is 12.1 Å². The Hall–Kier alpha value is -3.32. The fourth-order valence-corrected chi connectivity index (χ4v) is 4.25. The summed E-state index contributed by atoms with van der Waals surface area (Å²) in [5.41, 5.74) is 3.32. The second kappa shape index (κ2) is 11.2. The van der Waals surface area contributed by atoms with Crippen LogP contribution in [0, 0.1) is 0 Å². The van der Waals surface area contributed by atoms with Crippen molar-refractivity contribution in [3.8, 4) is 11.4 Å². The van der Waals surface area contributed by atoms with Crippen molar-refractivity contribution in [3.63, 3.8) is 0 Å². The van der Waals surface area contributed by atoms with Crippen LogP contribution in [0.15, 0.2) is 60.7 Å². The fourth-order valence-electron chi connectivity index (χ4n) is 4.25. The number of rotatable bonds is 11. The first-order chi connectivity index (χ1) is 16.6. The zero-order valence-corrected chi connectivity index (χ0v) is 20.2. The minimum Gasteiger partial charge on any atom is -0.391 e. The number of nitrogens with zero attached hydrogens (tertiary/aromatic N) is 5. The zero-order valence-electron chi connectivity index (χ0n) is 20.2. The van der Waals surface area contributed by atoms with Crippen LogP contribution in [0.4, 0.5) is 5.82 Å². The third-order valence-corrected chi connectivity index (χ3v) is 6.23. The van der Waals surface area contributed by atoms with Gasteiger partial charge in [-0.3, -0.25) is 0 Å². The van der Waals surface area contributed by atoms with E-state index >= 15 is 0 Å². The zero-order chi connectivity index (χ0) is 23.9. The van der Waals surface area contributed by atoms with Gasteiger partial charge in [-0.25, -0.2) is 14.6 Å². The van der Waals surface area contributed by atoms with Crippen molar-refractivity contribution in [2.75, 3.05) is 5.32 Å². The molecule has 0 unspecified atom stereocenters. The van der Waals surface area contributed by atoms with Crippen LogP contribution in [0.25, 0.3) is 22.6 Å². The van der Waals surface area contributed by atoms with Gasteiger partial charge >= 0.3 is 0 Å². The average molecular weight is 459 g/mol. The Morgan fingerprint density at radius 1 is 0.912 bits per heavy atom. The lowest BCUT2D eigenvalue weighted by Gasteiger charge is -2.21. The quantitative estimate of drug-likeness (QED) is 0.270. The number of hydrogen-bond acceptors (Lipinski definition) is 6. The van der Waals surface area contributed by atoms with Crippen LogP contribution >= 0.6 is 0 Å². The first-order valence-electron chi connectivity index (χ1n) is 12.3. The summed E-state index contributed by atoms with van der Waals surface area (Å²) in [6.07, 6.45) is 4.78. The van der Waals surface area contributed by atoms with Crippen molar-refractivity contribution in [3.05, 3.63) is 66.2 Å². The molecule has 0 aliphatic heterocycles. The highest BCUT2D eigenvalue weighted by molar-refractivity contribution is 5.84. The predicted octanol–water partition coefficient (Wildman–Crippen LogP) is 5.95. The lowest BCUT2D eigenvalue weighted by atomic mass is 10.0. The summed E-state index contributed by atoms with van der Waals surface area (Å²) in [5, 5.41) is 23.0. The minimum atomic E-state index is -0.568. The largest absolute Gasteiger partial charge is 0.391 e. The van der Waals surface area contributed by atoms with E-state index in [1.807, 2.05) is 55.5 Å². The van der Waals surface area contributed by atoms with Crippen molar-refractivity contribution < 1.29 is 5.11 Å². The number of nitrogens with one attached hydrogen (secondary N) is 1. The molecule has 0 spiro atoms. The summed E-state index contributed by atoms with van der Waals surface area (Å²) >= 11 is 0. The third-order valence-electron chi connectivity index (χ3n) is 6.23. The third kappa shape index (κ3) is 5.42. The van der Waals surface area contributed by atoms with Gasteiger partial charge in [0.15, 0.2) is 22.8 Å². The van der Waals surface area contributed by atoms with Crippen molar-refractivity contribution in [2.24, 2.45) is 0 Å². The standard InChI is InChI=1S/C27H34N6O/c1-4-5-6-13-18-23(20(3)34)33-27-24(31-32-33)26(28-19(2)21-14-9-7-10-15-21)29-25(30-27)22-16-11-8-12-17-22/h7-12,14-17,19-20,23,34H,4-6,13,18H2,1-3H3,(H,28,29,30)/t19-,20-,23-/m0/s1. The van der Waals surface area contributed by atoms with E-state index in [4.69, 9.17) is 9.97 Å². The van der Waals surface area contributed by atoms with Crippen molar-refractivity contribution in [1.82, 2.24) is 25.0 Å². The Balaban J connectivity index is 1.76. The Labute approximate surface area is 201 Å². The van der Waals surface area contributed by atoms with E-state index in [9.17, 15) is 5.11 Å². The molecule has 0 bridgehead atoms. The van der Waals surface area contributed by atoms with Crippen LogP contribution in [-0.2, 0) is 0 Å². The molecule has 0 saturated carbocycles. The fraction of sp³-hybridized carbons (Fsp3) is 0.407. The predicted molar refractivity (Wildman–Crippen MR) is 137 cm³/mol. The number of aromatic nitrogens is 5. The van der Waals surface area contributed by atoms with Crippen LogP contribution in [0.3, 0.4) is 0 Å². The highest BCUT2D eigenvalue weighted by atomic mass is 16.3. The Bertz CT molecular complexity index is 1180. The van der Waals surface area contributed by atoms with Gasteiger partial charge in [-0.15, -0.1) is 5.10 Å². The Kier molecular flexibility index (Phi) is 7.85. The number of hydrogen-bond donors (Lipinski definition) is 2. The molecular formula is C27H34N6O. The first-order valence-corrected chi connectivity index (χ1v) is 12.3. The van der Waals surface area contributed by atoms with E-state index in [0.29, 0.717) is 22.8 Å².